The molecule has 1 aliphatic rings. The van der Waals surface area contributed by atoms with Gasteiger partial charge in [0, 0.05) is 24.2 Å². The van der Waals surface area contributed by atoms with E-state index in [9.17, 15) is 22.8 Å². The highest BCUT2D eigenvalue weighted by Gasteiger charge is 2.48. The third kappa shape index (κ3) is 7.00. The Morgan fingerprint density at radius 2 is 1.77 bits per heavy atom. The topological polar surface area (TPSA) is 87.7 Å². The van der Waals surface area contributed by atoms with Gasteiger partial charge in [-0.05, 0) is 29.7 Å². The summed E-state index contributed by atoms with van der Waals surface area (Å²) < 4.78 is 43.9. The molecule has 2 aromatic carbocycles. The highest BCUT2D eigenvalue weighted by atomic mass is 35.5. The van der Waals surface area contributed by atoms with Crippen molar-refractivity contribution in [2.45, 2.75) is 37.2 Å². The van der Waals surface area contributed by atoms with Gasteiger partial charge in [-0.3, -0.25) is 9.53 Å². The lowest BCUT2D eigenvalue weighted by molar-refractivity contribution is -0.342. The molecule has 2 aromatic rings. The van der Waals surface area contributed by atoms with Crippen molar-refractivity contribution in [1.29, 1.82) is 0 Å². The number of benzene rings is 2. The van der Waals surface area contributed by atoms with Crippen LogP contribution in [-0.2, 0) is 16.1 Å². The summed E-state index contributed by atoms with van der Waals surface area (Å²) in [7, 11) is 0. The van der Waals surface area contributed by atoms with E-state index in [4.69, 9.17) is 28.3 Å². The summed E-state index contributed by atoms with van der Waals surface area (Å²) >= 11 is 12.6. The van der Waals surface area contributed by atoms with Gasteiger partial charge in [-0.1, -0.05) is 77.8 Å². The lowest BCUT2D eigenvalue weighted by Crippen LogP contribution is -2.41. The van der Waals surface area contributed by atoms with Crippen LogP contribution in [0.25, 0.3) is 5.57 Å². The highest BCUT2D eigenvalue weighted by Crippen LogP contribution is 2.48. The molecule has 0 radical (unpaired) electrons. The smallest absolute Gasteiger partial charge is 0.481 e. The fourth-order valence-corrected chi connectivity index (χ4v) is 4.42. The van der Waals surface area contributed by atoms with Crippen molar-refractivity contribution in [2.24, 2.45) is 0 Å². The molecule has 0 bridgehead atoms. The van der Waals surface area contributed by atoms with Crippen LogP contribution in [-0.4, -0.2) is 28.5 Å². The highest BCUT2D eigenvalue weighted by molar-refractivity contribution is 6.39. The fraction of sp³-hybridized carbons (Fsp3) is 0.250. The first-order valence-electron chi connectivity index (χ1n) is 10.4. The van der Waals surface area contributed by atoms with Gasteiger partial charge >= 0.3 is 18.4 Å². The Balaban J connectivity index is 1.73. The number of halogens is 5. The molecule has 2 atom stereocenters. The van der Waals surface area contributed by atoms with Gasteiger partial charge < -0.3 is 15.7 Å². The van der Waals surface area contributed by atoms with Gasteiger partial charge in [-0.25, -0.2) is 4.79 Å². The summed E-state index contributed by atoms with van der Waals surface area (Å²) in [4.78, 5) is 23.5. The molecule has 0 heterocycles. The van der Waals surface area contributed by atoms with Crippen LogP contribution >= 0.6 is 23.2 Å². The van der Waals surface area contributed by atoms with E-state index in [2.05, 4.69) is 15.4 Å². The first-order chi connectivity index (χ1) is 16.4. The van der Waals surface area contributed by atoms with E-state index in [1.807, 2.05) is 0 Å². The van der Waals surface area contributed by atoms with E-state index in [-0.39, 0.29) is 22.8 Å². The number of carbonyl (C=O) groups excluding carboxylic acids is 1. The summed E-state index contributed by atoms with van der Waals surface area (Å²) in [6.07, 6.45) is -4.25. The van der Waals surface area contributed by atoms with Crippen LogP contribution in [0.1, 0.15) is 36.0 Å². The molecule has 3 N–H and O–H groups in total. The van der Waals surface area contributed by atoms with Gasteiger partial charge in [-0.2, -0.15) is 0 Å². The first kappa shape index (κ1) is 26.6. The Morgan fingerprint density at radius 3 is 2.34 bits per heavy atom. The summed E-state index contributed by atoms with van der Waals surface area (Å²) in [6.45, 7) is 1.65. The summed E-state index contributed by atoms with van der Waals surface area (Å²) in [5, 5.41) is 11.6. The van der Waals surface area contributed by atoms with Crippen molar-refractivity contribution in [2.75, 3.05) is 0 Å². The number of carboxylic acid groups (broad SMARTS) is 1. The van der Waals surface area contributed by atoms with Crippen LogP contribution in [0, 0.1) is 0 Å². The molecule has 0 saturated heterocycles. The van der Waals surface area contributed by atoms with E-state index < -0.39 is 35.8 Å². The number of aliphatic carboxylic acids is 1. The molecule has 0 fully saturated rings. The standard InChI is InChI=1S/C24H21Cl2F3N2O4/c1-14(21(32)33)16-9-7-15(8-10-16)13-30-22(34)31-18-11-19(25)20(17-5-3-2-4-6-17)23(26,12-18)35-24(27,28)29/h2-11,14H,12-13H2,1H3,(H,32,33)(H2,30,31,34). The number of ether oxygens (including phenoxy) is 1. The molecule has 6 nitrogen and oxygen atoms in total. The molecule has 0 aromatic heterocycles. The predicted molar refractivity (Wildman–Crippen MR) is 126 cm³/mol. The molecular formula is C24H21Cl2F3N2O4. The van der Waals surface area contributed by atoms with Crippen LogP contribution in [0.5, 0.6) is 0 Å². The quantitative estimate of drug-likeness (QED) is 0.380. The molecule has 3 rings (SSSR count). The first-order valence-corrected chi connectivity index (χ1v) is 11.1. The number of urea groups is 1. The second-order valence-electron chi connectivity index (χ2n) is 7.82. The zero-order chi connectivity index (χ0) is 25.8. The number of carbonyl (C=O) groups is 2. The molecule has 2 unspecified atom stereocenters. The van der Waals surface area contributed by atoms with Gasteiger partial charge in [0.2, 0.25) is 0 Å². The molecule has 0 aliphatic heterocycles. The maximum absolute atomic E-state index is 13.2. The minimum absolute atomic E-state index is 0.0251. The Morgan fingerprint density at radius 1 is 1.14 bits per heavy atom. The monoisotopic (exact) mass is 528 g/mol. The average Bonchev–Trinajstić information content (AvgIpc) is 2.76. The van der Waals surface area contributed by atoms with E-state index in [0.717, 1.165) is 0 Å². The Kier molecular flexibility index (Phi) is 8.15. The van der Waals surface area contributed by atoms with Crippen LogP contribution < -0.4 is 10.6 Å². The number of alkyl halides is 4. The third-order valence-corrected chi connectivity index (χ3v) is 5.95. The maximum atomic E-state index is 13.2. The van der Waals surface area contributed by atoms with Crippen LogP contribution in [0.3, 0.4) is 0 Å². The average molecular weight is 529 g/mol. The van der Waals surface area contributed by atoms with E-state index in [1.54, 1.807) is 61.5 Å². The van der Waals surface area contributed by atoms with Crippen LogP contribution in [0.15, 0.2) is 71.4 Å². The number of carboxylic acids is 1. The second-order valence-corrected chi connectivity index (χ2v) is 8.84. The number of nitrogens with one attached hydrogen (secondary N) is 2. The minimum atomic E-state index is -5.06. The van der Waals surface area contributed by atoms with Gasteiger partial charge in [0.05, 0.1) is 11.0 Å². The molecule has 35 heavy (non-hydrogen) atoms. The SMILES string of the molecule is CC(C(=O)O)c1ccc(CNC(=O)NC2=CC(Cl)=C(c3ccccc3)C(Cl)(OC(F)(F)F)C2)cc1. The number of hydrogen-bond acceptors (Lipinski definition) is 3. The molecule has 11 heteroatoms. The van der Waals surface area contributed by atoms with Crippen molar-refractivity contribution in [3.63, 3.8) is 0 Å². The van der Waals surface area contributed by atoms with Crippen LogP contribution in [0.2, 0.25) is 0 Å². The number of rotatable bonds is 7. The zero-order valence-electron chi connectivity index (χ0n) is 18.3. The van der Waals surface area contributed by atoms with Gasteiger partial charge in [0.15, 0.2) is 5.06 Å². The van der Waals surface area contributed by atoms with Crippen molar-refractivity contribution >= 4 is 40.8 Å². The van der Waals surface area contributed by atoms with Crippen molar-refractivity contribution in [1.82, 2.24) is 10.6 Å². The third-order valence-electron chi connectivity index (χ3n) is 5.25. The predicted octanol–water partition coefficient (Wildman–Crippen LogP) is 6.08. The lowest BCUT2D eigenvalue weighted by Gasteiger charge is -2.35. The van der Waals surface area contributed by atoms with E-state index in [0.29, 0.717) is 16.7 Å². The van der Waals surface area contributed by atoms with E-state index >= 15 is 0 Å². The fourth-order valence-electron chi connectivity index (χ4n) is 3.54. The number of hydrogen-bond donors (Lipinski definition) is 3. The largest absolute Gasteiger partial charge is 0.524 e. The molecule has 1 aliphatic carbocycles. The van der Waals surface area contributed by atoms with E-state index in [1.165, 1.54) is 6.08 Å². The van der Waals surface area contributed by atoms with Crippen molar-refractivity contribution < 1.29 is 32.6 Å². The second kappa shape index (κ2) is 10.7. The number of allylic oxidation sites excluding steroid dienone is 2. The molecule has 2 amide bonds. The minimum Gasteiger partial charge on any atom is -0.481 e. The molecule has 0 spiro atoms. The van der Waals surface area contributed by atoms with Gasteiger partial charge in [-0.15, -0.1) is 13.2 Å². The van der Waals surface area contributed by atoms with Crippen LogP contribution in [0.4, 0.5) is 18.0 Å². The normalized spacial score (nSPS) is 19.1. The zero-order valence-corrected chi connectivity index (χ0v) is 19.8. The maximum Gasteiger partial charge on any atom is 0.524 e. The Labute approximate surface area is 209 Å². The van der Waals surface area contributed by atoms with Gasteiger partial charge in [0.25, 0.3) is 0 Å². The Hall–Kier alpha value is -3.01. The number of amides is 2. The Bertz CT molecular complexity index is 1150. The summed E-state index contributed by atoms with van der Waals surface area (Å²) in [5.74, 6) is -1.63. The molecule has 0 saturated carbocycles. The summed E-state index contributed by atoms with van der Waals surface area (Å²) in [6, 6.07) is 14.0. The lowest BCUT2D eigenvalue weighted by atomic mass is 9.92. The van der Waals surface area contributed by atoms with Crippen molar-refractivity contribution in [3.05, 3.63) is 88.1 Å². The van der Waals surface area contributed by atoms with Crippen molar-refractivity contribution in [3.8, 4) is 0 Å². The summed E-state index contributed by atoms with van der Waals surface area (Å²) in [5.41, 5.74) is 1.60. The molecule has 186 valence electrons. The molecular weight excluding hydrogens is 508 g/mol. The van der Waals surface area contributed by atoms with Gasteiger partial charge in [0.1, 0.15) is 0 Å².